The highest BCUT2D eigenvalue weighted by Gasteiger charge is 2.34. The SMILES string of the molecule is COc1cc2nc(C)nc(N[C@H](C)c3cc(-c4c(Cl)cccc4CN(C)C)cs3)c2cc1C1CCC(C(=O)N2CCC(CCCOC3CCN(C(=O)c4ccc(Cl)c(N5CCC(=O)NC5=O)c4)CC3)CC2)CC1. The maximum absolute atomic E-state index is 13.9. The molecule has 3 saturated heterocycles. The Bertz CT molecular complexity index is 2820. The molecule has 14 nitrogen and oxygen atoms in total. The molecule has 1 saturated carbocycles. The minimum atomic E-state index is -0.540. The first kappa shape index (κ1) is 52.5. The summed E-state index contributed by atoms with van der Waals surface area (Å²) in [6.07, 6.45) is 9.44. The summed E-state index contributed by atoms with van der Waals surface area (Å²) in [4.78, 5) is 70.0. The molecule has 5 amide bonds. The Morgan fingerprint density at radius 2 is 1.66 bits per heavy atom. The number of thiophene rings is 1. The van der Waals surface area contributed by atoms with E-state index in [0.29, 0.717) is 53.6 Å². The normalized spacial score (nSPS) is 19.6. The van der Waals surface area contributed by atoms with Crippen molar-refractivity contribution in [1.29, 1.82) is 0 Å². The van der Waals surface area contributed by atoms with E-state index in [9.17, 15) is 19.2 Å². The first-order valence-corrected chi connectivity index (χ1v) is 27.6. The lowest BCUT2D eigenvalue weighted by atomic mass is 9.77. The van der Waals surface area contributed by atoms with Crippen LogP contribution in [0.3, 0.4) is 0 Å². The minimum absolute atomic E-state index is 0.0163. The third kappa shape index (κ3) is 12.3. The second kappa shape index (κ2) is 23.5. The van der Waals surface area contributed by atoms with Crippen molar-refractivity contribution in [3.05, 3.63) is 97.4 Å². The number of urea groups is 1. The van der Waals surface area contributed by atoms with Crippen LogP contribution in [-0.2, 0) is 20.9 Å². The second-order valence-electron chi connectivity index (χ2n) is 20.6. The van der Waals surface area contributed by atoms with Crippen LogP contribution in [0.4, 0.5) is 16.3 Å². The van der Waals surface area contributed by atoms with Gasteiger partial charge in [0.15, 0.2) is 0 Å². The van der Waals surface area contributed by atoms with Crippen LogP contribution in [-0.4, -0.2) is 115 Å². The summed E-state index contributed by atoms with van der Waals surface area (Å²) < 4.78 is 12.3. The monoisotopic (exact) mass is 1050 g/mol. The van der Waals surface area contributed by atoms with Crippen molar-refractivity contribution in [2.45, 2.75) is 109 Å². The number of rotatable bonds is 16. The Hall–Kier alpha value is -5.32. The van der Waals surface area contributed by atoms with E-state index in [1.165, 1.54) is 15.3 Å². The van der Waals surface area contributed by atoms with Crippen molar-refractivity contribution in [2.24, 2.45) is 11.8 Å². The van der Waals surface area contributed by atoms with E-state index in [0.717, 1.165) is 128 Å². The highest BCUT2D eigenvalue weighted by Crippen LogP contribution is 2.44. The number of likely N-dealkylation sites (tertiary alicyclic amines) is 2. The summed E-state index contributed by atoms with van der Waals surface area (Å²) in [6.45, 7) is 8.58. The van der Waals surface area contributed by atoms with Crippen molar-refractivity contribution >= 4 is 80.7 Å². The van der Waals surface area contributed by atoms with Gasteiger partial charge in [-0.2, -0.15) is 0 Å². The van der Waals surface area contributed by atoms with E-state index < -0.39 is 6.03 Å². The first-order valence-electron chi connectivity index (χ1n) is 26.0. The molecule has 4 fully saturated rings. The molecular formula is C56H68Cl2N8O6S. The highest BCUT2D eigenvalue weighted by molar-refractivity contribution is 7.10. The maximum Gasteiger partial charge on any atom is 0.328 e. The van der Waals surface area contributed by atoms with E-state index in [1.54, 1.807) is 36.6 Å². The number of carbonyl (C=O) groups excluding carboxylic acids is 4. The Kier molecular flexibility index (Phi) is 16.9. The Labute approximate surface area is 443 Å². The average Bonchev–Trinajstić information content (AvgIpc) is 3.88. The lowest BCUT2D eigenvalue weighted by molar-refractivity contribution is -0.138. The number of nitrogens with zero attached hydrogens (tertiary/aromatic N) is 6. The zero-order valence-electron chi connectivity index (χ0n) is 42.7. The number of anilines is 2. The summed E-state index contributed by atoms with van der Waals surface area (Å²) in [7, 11) is 5.87. The molecule has 5 heterocycles. The molecule has 3 aromatic carbocycles. The molecule has 3 aliphatic heterocycles. The Balaban J connectivity index is 0.720. The summed E-state index contributed by atoms with van der Waals surface area (Å²) in [6, 6.07) is 17.0. The van der Waals surface area contributed by atoms with Crippen molar-refractivity contribution in [1.82, 2.24) is 30.0 Å². The van der Waals surface area contributed by atoms with Crippen molar-refractivity contribution in [3.63, 3.8) is 0 Å². The summed E-state index contributed by atoms with van der Waals surface area (Å²) >= 11 is 14.9. The fourth-order valence-corrected chi connectivity index (χ4v) is 12.7. The van der Waals surface area contributed by atoms with Gasteiger partial charge >= 0.3 is 6.03 Å². The summed E-state index contributed by atoms with van der Waals surface area (Å²) in [5, 5.41) is 10.3. The number of amides is 5. The van der Waals surface area contributed by atoms with Crippen LogP contribution in [0.15, 0.2) is 60.0 Å². The molecular weight excluding hydrogens is 984 g/mol. The van der Waals surface area contributed by atoms with Gasteiger partial charge in [-0.3, -0.25) is 24.6 Å². The average molecular weight is 1050 g/mol. The van der Waals surface area contributed by atoms with Gasteiger partial charge in [0.1, 0.15) is 17.4 Å². The van der Waals surface area contributed by atoms with Gasteiger partial charge in [-0.25, -0.2) is 14.8 Å². The minimum Gasteiger partial charge on any atom is -0.496 e. The van der Waals surface area contributed by atoms with Crippen LogP contribution in [0, 0.1) is 18.8 Å². The van der Waals surface area contributed by atoms with E-state index >= 15 is 0 Å². The van der Waals surface area contributed by atoms with Crippen LogP contribution >= 0.6 is 34.5 Å². The number of methoxy groups -OCH3 is 1. The number of carbonyl (C=O) groups is 4. The van der Waals surface area contributed by atoms with Crippen LogP contribution in [0.2, 0.25) is 10.0 Å². The lowest BCUT2D eigenvalue weighted by Crippen LogP contribution is -2.49. The van der Waals surface area contributed by atoms with Gasteiger partial charge in [-0.05, 0) is 162 Å². The molecule has 2 N–H and O–H groups in total. The predicted molar refractivity (Wildman–Crippen MR) is 290 cm³/mol. The maximum atomic E-state index is 13.9. The highest BCUT2D eigenvalue weighted by atomic mass is 35.5. The van der Waals surface area contributed by atoms with E-state index in [2.05, 4.69) is 71.1 Å². The van der Waals surface area contributed by atoms with Crippen LogP contribution in [0.25, 0.3) is 22.0 Å². The number of nitrogens with one attached hydrogen (secondary N) is 2. The standard InChI is InChI=1S/C56H68Cl2N8O6S/c1-34(50-29-41(33-73-50)52-40(32-63(3)4)9-6-10-46(52)58)59-53-44-30-43(49(71-5)31-47(44)60-35(2)61-53)37-11-13-38(14-12-37)54(68)64-22-17-36(18-23-64)8-7-27-72-42-19-24-65(25-20-42)55(69)39-15-16-45(57)48(28-39)66-26-21-51(67)62-56(66)70/h6,9-10,15-16,28-31,33-34,36-38,42H,7-8,11-14,17-27,32H2,1-5H3,(H,59,60,61)(H,62,67,70)/t34-,37?,38?/m1/s1. The van der Waals surface area contributed by atoms with Gasteiger partial charge in [-0.15, -0.1) is 11.3 Å². The Morgan fingerprint density at radius 3 is 2.38 bits per heavy atom. The molecule has 17 heteroatoms. The lowest BCUT2D eigenvalue weighted by Gasteiger charge is -2.36. The summed E-state index contributed by atoms with van der Waals surface area (Å²) in [5.74, 6) is 3.07. The van der Waals surface area contributed by atoms with Crippen LogP contribution in [0.1, 0.15) is 122 Å². The largest absolute Gasteiger partial charge is 0.496 e. The van der Waals surface area contributed by atoms with Gasteiger partial charge in [0.25, 0.3) is 5.91 Å². The predicted octanol–water partition coefficient (Wildman–Crippen LogP) is 11.3. The van der Waals surface area contributed by atoms with E-state index in [4.69, 9.17) is 42.6 Å². The molecule has 2 aromatic heterocycles. The third-order valence-electron chi connectivity index (χ3n) is 15.3. The number of hydrogen-bond donors (Lipinski definition) is 2. The van der Waals surface area contributed by atoms with Crippen molar-refractivity contribution < 1.29 is 28.7 Å². The smallest absolute Gasteiger partial charge is 0.328 e. The molecule has 0 spiro atoms. The Morgan fingerprint density at radius 1 is 0.904 bits per heavy atom. The molecule has 9 rings (SSSR count). The third-order valence-corrected chi connectivity index (χ3v) is 17.0. The molecule has 4 aliphatic rings. The van der Waals surface area contributed by atoms with Gasteiger partial charge in [-0.1, -0.05) is 35.3 Å². The fraction of sp³-hybridized carbons (Fsp3) is 0.500. The number of piperidine rings is 2. The number of benzene rings is 3. The molecule has 0 unspecified atom stereocenters. The first-order chi connectivity index (χ1) is 35.2. The van der Waals surface area contributed by atoms with E-state index in [1.807, 2.05) is 24.0 Å². The number of ether oxygens (including phenoxy) is 2. The molecule has 0 radical (unpaired) electrons. The molecule has 388 valence electrons. The van der Waals surface area contributed by atoms with Gasteiger partial charge in [0.2, 0.25) is 11.8 Å². The van der Waals surface area contributed by atoms with Gasteiger partial charge in [0, 0.05) is 90.7 Å². The fourth-order valence-electron chi connectivity index (χ4n) is 11.3. The van der Waals surface area contributed by atoms with E-state index in [-0.39, 0.29) is 48.8 Å². The zero-order chi connectivity index (χ0) is 51.3. The van der Waals surface area contributed by atoms with Crippen molar-refractivity contribution in [2.75, 3.05) is 70.8 Å². The van der Waals surface area contributed by atoms with Crippen LogP contribution < -0.4 is 20.3 Å². The second-order valence-corrected chi connectivity index (χ2v) is 22.3. The molecule has 0 bridgehead atoms. The number of fused-ring (bicyclic) bond motifs is 1. The quantitative estimate of drug-likeness (QED) is 0.0915. The number of hydrogen-bond acceptors (Lipinski definition) is 11. The molecule has 5 aromatic rings. The van der Waals surface area contributed by atoms with Gasteiger partial charge < -0.3 is 29.5 Å². The molecule has 1 atom stereocenters. The zero-order valence-corrected chi connectivity index (χ0v) is 45.0. The number of aromatic nitrogens is 2. The van der Waals surface area contributed by atoms with Crippen molar-refractivity contribution in [3.8, 4) is 16.9 Å². The number of aryl methyl sites for hydroxylation is 1. The summed E-state index contributed by atoms with van der Waals surface area (Å²) in [5.41, 5.74) is 6.25. The number of imide groups is 1. The molecule has 73 heavy (non-hydrogen) atoms. The molecule has 1 aliphatic carbocycles. The van der Waals surface area contributed by atoms with Gasteiger partial charge in [0.05, 0.1) is 35.5 Å². The topological polar surface area (TPSA) is 150 Å². The van der Waals surface area contributed by atoms with Crippen LogP contribution in [0.5, 0.6) is 5.75 Å². The number of halogens is 2.